The van der Waals surface area contributed by atoms with Gasteiger partial charge >= 0.3 is 0 Å². The Morgan fingerprint density at radius 3 is 2.55 bits per heavy atom. The number of ketones is 1. The van der Waals surface area contributed by atoms with Crippen molar-refractivity contribution >= 4 is 5.78 Å². The third kappa shape index (κ3) is 4.30. The predicted octanol–water partition coefficient (Wildman–Crippen LogP) is 4.64. The quantitative estimate of drug-likeness (QED) is 0.646. The van der Waals surface area contributed by atoms with Crippen LogP contribution in [-0.2, 0) is 12.8 Å². The summed E-state index contributed by atoms with van der Waals surface area (Å²) in [5, 5.41) is 18.7. The van der Waals surface area contributed by atoms with Crippen molar-refractivity contribution < 1.29 is 9.53 Å². The number of benzene rings is 1. The zero-order valence-electron chi connectivity index (χ0n) is 17.4. The largest absolute Gasteiger partial charge is 0.481 e. The minimum Gasteiger partial charge on any atom is -0.481 e. The number of hydrogen-bond donors (Lipinski definition) is 0. The fourth-order valence-corrected chi connectivity index (χ4v) is 3.79. The summed E-state index contributed by atoms with van der Waals surface area (Å²) in [6.45, 7) is 5.90. The maximum absolute atomic E-state index is 13.8. The van der Waals surface area contributed by atoms with E-state index in [-0.39, 0.29) is 18.1 Å². The topological polar surface area (TPSA) is 86.8 Å². The Bertz CT molecular complexity index is 1040. The highest BCUT2D eigenvalue weighted by atomic mass is 16.5. The SMILES string of the molecule is COc1nc(CC#N)c(CC2CC2)c(C(=O)c2cc(C)cc(C#N)c2)c1C(C)C. The molecule has 5 nitrogen and oxygen atoms in total. The molecule has 148 valence electrons. The van der Waals surface area contributed by atoms with Gasteiger partial charge in [0.25, 0.3) is 0 Å². The fourth-order valence-electron chi connectivity index (χ4n) is 3.79. The van der Waals surface area contributed by atoms with Gasteiger partial charge in [-0.15, -0.1) is 0 Å². The number of aryl methyl sites for hydroxylation is 1. The van der Waals surface area contributed by atoms with Crippen LogP contribution >= 0.6 is 0 Å². The van der Waals surface area contributed by atoms with Crippen molar-refractivity contribution in [2.75, 3.05) is 7.11 Å². The van der Waals surface area contributed by atoms with Crippen molar-refractivity contribution in [1.82, 2.24) is 4.98 Å². The second-order valence-electron chi connectivity index (χ2n) is 8.00. The highest BCUT2D eigenvalue weighted by Gasteiger charge is 2.31. The zero-order chi connectivity index (χ0) is 21.1. The Balaban J connectivity index is 2.30. The van der Waals surface area contributed by atoms with Gasteiger partial charge in [0.2, 0.25) is 5.88 Å². The van der Waals surface area contributed by atoms with Gasteiger partial charge < -0.3 is 4.74 Å². The molecular weight excluding hydrogens is 362 g/mol. The lowest BCUT2D eigenvalue weighted by Gasteiger charge is -2.21. The third-order valence-electron chi connectivity index (χ3n) is 5.29. The van der Waals surface area contributed by atoms with E-state index in [2.05, 4.69) is 17.1 Å². The molecule has 0 bridgehead atoms. The van der Waals surface area contributed by atoms with E-state index in [1.807, 2.05) is 26.8 Å². The maximum Gasteiger partial charge on any atom is 0.217 e. The molecule has 5 heteroatoms. The van der Waals surface area contributed by atoms with Crippen LogP contribution in [0.3, 0.4) is 0 Å². The number of carbonyl (C=O) groups excluding carboxylic acids is 1. The van der Waals surface area contributed by atoms with Crippen molar-refractivity contribution in [3.05, 3.63) is 57.3 Å². The number of ether oxygens (including phenoxy) is 1. The minimum absolute atomic E-state index is 0.0192. The molecule has 0 unspecified atom stereocenters. The number of pyridine rings is 1. The lowest BCUT2D eigenvalue weighted by Crippen LogP contribution is -2.17. The number of aromatic nitrogens is 1. The zero-order valence-corrected chi connectivity index (χ0v) is 17.4. The molecule has 2 aromatic rings. The first-order valence-electron chi connectivity index (χ1n) is 9.92. The maximum atomic E-state index is 13.8. The molecule has 0 radical (unpaired) electrons. The van der Waals surface area contributed by atoms with Gasteiger partial charge in [-0.05, 0) is 67.3 Å². The fraction of sp³-hybridized carbons (Fsp3) is 0.417. The van der Waals surface area contributed by atoms with Crippen molar-refractivity contribution in [2.24, 2.45) is 5.92 Å². The summed E-state index contributed by atoms with van der Waals surface area (Å²) in [6.07, 6.45) is 3.14. The molecule has 29 heavy (non-hydrogen) atoms. The van der Waals surface area contributed by atoms with Gasteiger partial charge in [0, 0.05) is 16.7 Å². The lowest BCUT2D eigenvalue weighted by molar-refractivity contribution is 0.103. The summed E-state index contributed by atoms with van der Waals surface area (Å²) in [5.74, 6) is 0.817. The number of nitriles is 2. The molecule has 1 saturated carbocycles. The van der Waals surface area contributed by atoms with E-state index in [4.69, 9.17) is 4.74 Å². The smallest absolute Gasteiger partial charge is 0.217 e. The van der Waals surface area contributed by atoms with Gasteiger partial charge in [-0.1, -0.05) is 13.8 Å². The number of hydrogen-bond acceptors (Lipinski definition) is 5. The van der Waals surface area contributed by atoms with E-state index in [1.54, 1.807) is 19.2 Å². The van der Waals surface area contributed by atoms with E-state index in [9.17, 15) is 15.3 Å². The van der Waals surface area contributed by atoms with Gasteiger partial charge in [0.05, 0.1) is 36.9 Å². The van der Waals surface area contributed by atoms with Crippen molar-refractivity contribution in [3.8, 4) is 18.0 Å². The molecule has 0 saturated heterocycles. The van der Waals surface area contributed by atoms with Crippen LogP contribution in [0, 0.1) is 35.5 Å². The molecule has 1 aliphatic carbocycles. The summed E-state index contributed by atoms with van der Waals surface area (Å²) in [5.41, 5.74) is 4.66. The highest BCUT2D eigenvalue weighted by molar-refractivity contribution is 6.11. The van der Waals surface area contributed by atoms with Crippen LogP contribution in [0.15, 0.2) is 18.2 Å². The second-order valence-corrected chi connectivity index (χ2v) is 8.00. The Morgan fingerprint density at radius 1 is 1.28 bits per heavy atom. The van der Waals surface area contributed by atoms with Crippen LogP contribution in [0.25, 0.3) is 0 Å². The Labute approximate surface area is 172 Å². The molecule has 0 amide bonds. The van der Waals surface area contributed by atoms with Crippen LogP contribution in [-0.4, -0.2) is 17.9 Å². The molecule has 0 N–H and O–H groups in total. The molecule has 0 atom stereocenters. The van der Waals surface area contributed by atoms with Crippen molar-refractivity contribution in [2.45, 2.75) is 52.4 Å². The normalized spacial score (nSPS) is 13.1. The lowest BCUT2D eigenvalue weighted by atomic mass is 9.85. The van der Waals surface area contributed by atoms with Gasteiger partial charge in [0.1, 0.15) is 0 Å². The van der Waals surface area contributed by atoms with Crippen molar-refractivity contribution in [1.29, 1.82) is 10.5 Å². The van der Waals surface area contributed by atoms with E-state index < -0.39 is 0 Å². The number of rotatable bonds is 7. The first-order valence-corrected chi connectivity index (χ1v) is 9.92. The second kappa shape index (κ2) is 8.45. The standard InChI is InChI=1S/C24H25N3O2/c1-14(2)21-22(23(28)18-10-15(3)9-17(11-18)13-26)19(12-16-5-6-16)20(7-8-25)27-24(21)29-4/h9-11,14,16H,5-7,12H2,1-4H3. The molecule has 1 heterocycles. The molecule has 1 fully saturated rings. The van der Waals surface area contributed by atoms with Crippen LogP contribution in [0.4, 0.5) is 0 Å². The summed E-state index contributed by atoms with van der Waals surface area (Å²) in [4.78, 5) is 18.4. The van der Waals surface area contributed by atoms with Crippen LogP contribution in [0.5, 0.6) is 5.88 Å². The molecule has 1 aromatic heterocycles. The Kier molecular flexibility index (Phi) is 5.99. The van der Waals surface area contributed by atoms with E-state index in [1.165, 1.54) is 0 Å². The summed E-state index contributed by atoms with van der Waals surface area (Å²) >= 11 is 0. The van der Waals surface area contributed by atoms with Gasteiger partial charge in [-0.25, -0.2) is 4.98 Å². The molecule has 3 rings (SSSR count). The molecule has 0 spiro atoms. The summed E-state index contributed by atoms with van der Waals surface area (Å²) < 4.78 is 5.54. The highest BCUT2D eigenvalue weighted by Crippen LogP contribution is 2.39. The number of methoxy groups -OCH3 is 1. The predicted molar refractivity (Wildman–Crippen MR) is 110 cm³/mol. The minimum atomic E-state index is -0.135. The third-order valence-corrected chi connectivity index (χ3v) is 5.29. The number of nitrogens with zero attached hydrogens (tertiary/aromatic N) is 3. The summed E-state index contributed by atoms with van der Waals surface area (Å²) in [7, 11) is 1.54. The molecular formula is C24H25N3O2. The van der Waals surface area contributed by atoms with E-state index in [0.717, 1.165) is 36.0 Å². The van der Waals surface area contributed by atoms with Crippen LogP contribution in [0.1, 0.15) is 76.5 Å². The first kappa shape index (κ1) is 20.6. The van der Waals surface area contributed by atoms with Crippen LogP contribution < -0.4 is 4.74 Å². The van der Waals surface area contributed by atoms with Gasteiger partial charge in [-0.3, -0.25) is 4.79 Å². The van der Waals surface area contributed by atoms with Crippen LogP contribution in [0.2, 0.25) is 0 Å². The molecule has 0 aliphatic heterocycles. The average Bonchev–Trinajstić information content (AvgIpc) is 3.51. The number of carbonyl (C=O) groups is 1. The van der Waals surface area contributed by atoms with Crippen molar-refractivity contribution in [3.63, 3.8) is 0 Å². The average molecular weight is 387 g/mol. The Hall–Kier alpha value is -3.18. The summed E-state index contributed by atoms with van der Waals surface area (Å²) in [6, 6.07) is 9.52. The first-order chi connectivity index (χ1) is 13.9. The van der Waals surface area contributed by atoms with E-state index in [0.29, 0.717) is 34.2 Å². The molecule has 1 aromatic carbocycles. The van der Waals surface area contributed by atoms with Gasteiger partial charge in [0.15, 0.2) is 5.78 Å². The monoisotopic (exact) mass is 387 g/mol. The Morgan fingerprint density at radius 2 is 2.00 bits per heavy atom. The molecule has 1 aliphatic rings. The van der Waals surface area contributed by atoms with Gasteiger partial charge in [-0.2, -0.15) is 10.5 Å². The van der Waals surface area contributed by atoms with E-state index >= 15 is 0 Å².